The van der Waals surface area contributed by atoms with Gasteiger partial charge in [-0.25, -0.2) is 8.42 Å². The quantitative estimate of drug-likeness (QED) is 0.510. The van der Waals surface area contributed by atoms with Crippen molar-refractivity contribution in [1.29, 1.82) is 0 Å². The molecule has 0 radical (unpaired) electrons. The molecule has 0 bridgehead atoms. The molecule has 0 heterocycles. The highest BCUT2D eigenvalue weighted by Gasteiger charge is 2.30. The third-order valence-electron chi connectivity index (χ3n) is 2.89. The van der Waals surface area contributed by atoms with E-state index >= 15 is 0 Å². The smallest absolute Gasteiger partial charge is 0.279 e. The average molecular weight is 364 g/mol. The Bertz CT molecular complexity index is 880. The molecule has 0 unspecified atom stereocenters. The first-order valence-electron chi connectivity index (χ1n) is 6.15. The van der Waals surface area contributed by atoms with Crippen molar-refractivity contribution >= 4 is 21.4 Å². The van der Waals surface area contributed by atoms with Crippen LogP contribution in [-0.2, 0) is 16.2 Å². The third kappa shape index (κ3) is 3.79. The van der Waals surface area contributed by atoms with Gasteiger partial charge in [0.05, 0.1) is 21.1 Å². The molecule has 0 spiro atoms. The normalized spacial score (nSPS) is 12.0. The lowest BCUT2D eigenvalue weighted by Crippen LogP contribution is -2.14. The Balaban J connectivity index is 2.32. The number of hydrogen-bond donors (Lipinski definition) is 1. The second-order valence-corrected chi connectivity index (χ2v) is 6.23. The van der Waals surface area contributed by atoms with Gasteiger partial charge in [0.15, 0.2) is 0 Å². The molecular weight excluding hydrogens is 356 g/mol. The number of anilines is 1. The Labute approximate surface area is 132 Å². The summed E-state index contributed by atoms with van der Waals surface area (Å²) in [6, 6.07) is 4.96. The molecule has 6 nitrogen and oxygen atoms in total. The van der Waals surface area contributed by atoms with E-state index in [9.17, 15) is 36.1 Å². The molecule has 2 aromatic rings. The number of sulfonamides is 1. The minimum Gasteiger partial charge on any atom is -0.279 e. The Morgan fingerprint density at radius 2 is 1.62 bits per heavy atom. The van der Waals surface area contributed by atoms with E-state index in [0.29, 0.717) is 24.3 Å². The van der Waals surface area contributed by atoms with Crippen LogP contribution in [0, 0.1) is 15.9 Å². The molecule has 24 heavy (non-hydrogen) atoms. The van der Waals surface area contributed by atoms with Crippen molar-refractivity contribution in [2.24, 2.45) is 0 Å². The highest BCUT2D eigenvalue weighted by Crippen LogP contribution is 2.30. The zero-order valence-electron chi connectivity index (χ0n) is 11.5. The first-order chi connectivity index (χ1) is 11.0. The first kappa shape index (κ1) is 17.7. The van der Waals surface area contributed by atoms with E-state index in [1.165, 1.54) is 0 Å². The van der Waals surface area contributed by atoms with Crippen molar-refractivity contribution in [2.75, 3.05) is 4.72 Å². The number of nitro benzene ring substituents is 1. The molecule has 128 valence electrons. The molecule has 0 atom stereocenters. The Morgan fingerprint density at radius 1 is 1.04 bits per heavy atom. The fourth-order valence-corrected chi connectivity index (χ4v) is 2.80. The maximum atomic E-state index is 13.2. The van der Waals surface area contributed by atoms with Gasteiger partial charge in [-0.3, -0.25) is 14.8 Å². The first-order valence-corrected chi connectivity index (χ1v) is 7.63. The van der Waals surface area contributed by atoms with Crippen LogP contribution >= 0.6 is 0 Å². The lowest BCUT2D eigenvalue weighted by atomic mass is 10.2. The number of nitrogens with one attached hydrogen (secondary N) is 1. The number of benzene rings is 2. The molecule has 2 aromatic carbocycles. The summed E-state index contributed by atoms with van der Waals surface area (Å²) in [5.74, 6) is -1.16. The summed E-state index contributed by atoms with van der Waals surface area (Å²) in [6.07, 6.45) is -4.62. The highest BCUT2D eigenvalue weighted by molar-refractivity contribution is 7.92. The Hall–Kier alpha value is -2.69. The maximum Gasteiger partial charge on any atom is 0.416 e. The molecule has 0 aliphatic rings. The second-order valence-electron chi connectivity index (χ2n) is 4.55. The highest BCUT2D eigenvalue weighted by atomic mass is 32.2. The van der Waals surface area contributed by atoms with Crippen LogP contribution in [-0.4, -0.2) is 13.3 Å². The molecule has 0 saturated heterocycles. The van der Waals surface area contributed by atoms with E-state index < -0.39 is 43.1 Å². The number of rotatable bonds is 4. The van der Waals surface area contributed by atoms with Crippen LogP contribution in [0.5, 0.6) is 0 Å². The molecule has 0 amide bonds. The minimum atomic E-state index is -4.62. The van der Waals surface area contributed by atoms with E-state index in [1.807, 2.05) is 4.72 Å². The van der Waals surface area contributed by atoms with Crippen LogP contribution in [0.3, 0.4) is 0 Å². The zero-order valence-corrected chi connectivity index (χ0v) is 12.4. The maximum absolute atomic E-state index is 13.2. The van der Waals surface area contributed by atoms with Crippen molar-refractivity contribution in [3.8, 4) is 0 Å². The molecule has 0 aromatic heterocycles. The van der Waals surface area contributed by atoms with E-state index in [0.717, 1.165) is 18.2 Å². The van der Waals surface area contributed by atoms with Crippen LogP contribution in [0.2, 0.25) is 0 Å². The minimum absolute atomic E-state index is 0.303. The van der Waals surface area contributed by atoms with Crippen LogP contribution < -0.4 is 4.72 Å². The summed E-state index contributed by atoms with van der Waals surface area (Å²) in [4.78, 5) is 9.10. The number of halogens is 4. The molecule has 0 fully saturated rings. The second kappa shape index (κ2) is 6.07. The zero-order chi connectivity index (χ0) is 18.1. The van der Waals surface area contributed by atoms with Gasteiger partial charge < -0.3 is 0 Å². The van der Waals surface area contributed by atoms with Gasteiger partial charge in [-0.2, -0.15) is 17.6 Å². The summed E-state index contributed by atoms with van der Waals surface area (Å²) in [6.45, 7) is 0. The summed E-state index contributed by atoms with van der Waals surface area (Å²) in [7, 11) is -4.29. The molecule has 0 aliphatic carbocycles. The van der Waals surface area contributed by atoms with E-state index in [4.69, 9.17) is 0 Å². The van der Waals surface area contributed by atoms with Crippen LogP contribution in [0.15, 0.2) is 47.4 Å². The van der Waals surface area contributed by atoms with Gasteiger partial charge in [-0.05, 0) is 36.4 Å². The van der Waals surface area contributed by atoms with Crippen molar-refractivity contribution in [3.63, 3.8) is 0 Å². The van der Waals surface area contributed by atoms with Crippen molar-refractivity contribution in [3.05, 3.63) is 64.0 Å². The van der Waals surface area contributed by atoms with E-state index in [1.54, 1.807) is 0 Å². The van der Waals surface area contributed by atoms with Crippen LogP contribution in [0.1, 0.15) is 5.56 Å². The summed E-state index contributed by atoms with van der Waals surface area (Å²) < 4.78 is 76.7. The Kier molecular flexibility index (Phi) is 4.47. The standard InChI is InChI=1S/C13H8F4N2O4S/c14-11-6-3-9(7-12(11)19(20)21)18-24(22,23)10-4-1-8(2-5-10)13(15,16)17/h1-7,18H. The predicted octanol–water partition coefficient (Wildman–Crippen LogP) is 3.55. The molecule has 2 rings (SSSR count). The van der Waals surface area contributed by atoms with Crippen molar-refractivity contribution < 1.29 is 30.9 Å². The summed E-state index contributed by atoms with van der Waals surface area (Å²) in [5, 5.41) is 10.6. The number of nitrogens with zero attached hydrogens (tertiary/aromatic N) is 1. The van der Waals surface area contributed by atoms with E-state index in [-0.39, 0.29) is 5.69 Å². The van der Waals surface area contributed by atoms with Crippen molar-refractivity contribution in [2.45, 2.75) is 11.1 Å². The van der Waals surface area contributed by atoms with Gasteiger partial charge in [0.1, 0.15) is 0 Å². The van der Waals surface area contributed by atoms with Crippen LogP contribution in [0.25, 0.3) is 0 Å². The van der Waals surface area contributed by atoms with Gasteiger partial charge in [0.2, 0.25) is 5.82 Å². The number of alkyl halides is 3. The average Bonchev–Trinajstić information content (AvgIpc) is 2.48. The largest absolute Gasteiger partial charge is 0.416 e. The van der Waals surface area contributed by atoms with Gasteiger partial charge in [-0.15, -0.1) is 0 Å². The third-order valence-corrected chi connectivity index (χ3v) is 4.28. The van der Waals surface area contributed by atoms with Crippen molar-refractivity contribution in [1.82, 2.24) is 0 Å². The SMILES string of the molecule is O=[N+]([O-])c1cc(NS(=O)(=O)c2ccc(C(F)(F)F)cc2)ccc1F. The van der Waals surface area contributed by atoms with Gasteiger partial charge in [0, 0.05) is 6.07 Å². The fraction of sp³-hybridized carbons (Fsp3) is 0.0769. The molecule has 0 aliphatic heterocycles. The summed E-state index contributed by atoms with van der Waals surface area (Å²) >= 11 is 0. The lowest BCUT2D eigenvalue weighted by molar-refractivity contribution is -0.387. The summed E-state index contributed by atoms with van der Waals surface area (Å²) in [5.41, 5.74) is -2.27. The lowest BCUT2D eigenvalue weighted by Gasteiger charge is -2.10. The number of nitro groups is 1. The van der Waals surface area contributed by atoms with Crippen LogP contribution in [0.4, 0.5) is 28.9 Å². The van der Waals surface area contributed by atoms with E-state index in [2.05, 4.69) is 0 Å². The molecular formula is C13H8F4N2O4S. The fourth-order valence-electron chi connectivity index (χ4n) is 1.75. The van der Waals surface area contributed by atoms with Gasteiger partial charge in [-0.1, -0.05) is 0 Å². The topological polar surface area (TPSA) is 89.3 Å². The van der Waals surface area contributed by atoms with Gasteiger partial charge >= 0.3 is 11.9 Å². The number of hydrogen-bond acceptors (Lipinski definition) is 4. The monoisotopic (exact) mass is 364 g/mol. The predicted molar refractivity (Wildman–Crippen MR) is 75.3 cm³/mol. The van der Waals surface area contributed by atoms with Gasteiger partial charge in [0.25, 0.3) is 10.0 Å². The molecule has 0 saturated carbocycles. The molecule has 1 N–H and O–H groups in total. The molecule has 11 heteroatoms. The Morgan fingerprint density at radius 3 is 2.12 bits per heavy atom.